The van der Waals surface area contributed by atoms with Gasteiger partial charge in [-0.2, -0.15) is 0 Å². The minimum Gasteiger partial charge on any atom is -0.479 e. The molecule has 1 heterocycles. The number of pyridine rings is 1. The largest absolute Gasteiger partial charge is 0.479 e. The summed E-state index contributed by atoms with van der Waals surface area (Å²) in [5.41, 5.74) is -2.06. The third kappa shape index (κ3) is 2.38. The predicted molar refractivity (Wildman–Crippen MR) is 65.7 cm³/mol. The third-order valence-corrected chi connectivity index (χ3v) is 2.80. The first-order chi connectivity index (χ1) is 8.93. The lowest BCUT2D eigenvalue weighted by Crippen LogP contribution is -2.48. The number of fused-ring (bicyclic) bond motifs is 1. The van der Waals surface area contributed by atoms with Crippen LogP contribution in [0.25, 0.3) is 10.9 Å². The van der Waals surface area contributed by atoms with Crippen LogP contribution in [0.5, 0.6) is 0 Å². The van der Waals surface area contributed by atoms with Crippen LogP contribution in [0.15, 0.2) is 36.4 Å². The molecule has 0 spiro atoms. The minimum atomic E-state index is -2.87. The molecule has 0 unspecified atom stereocenters. The summed E-state index contributed by atoms with van der Waals surface area (Å²) in [5.74, 6) is -3.62. The topological polar surface area (TPSA) is 108 Å². The summed E-state index contributed by atoms with van der Waals surface area (Å²) in [7, 11) is 0. The summed E-state index contributed by atoms with van der Waals surface area (Å²) < 4.78 is 0. The maximum atomic E-state index is 10.9. The van der Waals surface area contributed by atoms with Crippen LogP contribution >= 0.6 is 0 Å². The molecule has 6 heteroatoms. The molecule has 0 saturated carbocycles. The molecule has 0 aliphatic heterocycles. The van der Waals surface area contributed by atoms with Gasteiger partial charge in [0.15, 0.2) is 0 Å². The minimum absolute atomic E-state index is 0.200. The standard InChI is InChI=1S/C13H11NO5/c15-11(16)13(19,12(17)18)7-9-6-5-8-3-1-2-4-10(8)14-9/h1-6,19H,7H2,(H,15,16)(H,17,18). The van der Waals surface area contributed by atoms with Gasteiger partial charge in [-0.05, 0) is 12.1 Å². The molecular formula is C13H11NO5. The first-order valence-electron chi connectivity index (χ1n) is 5.47. The van der Waals surface area contributed by atoms with Gasteiger partial charge in [0, 0.05) is 17.5 Å². The molecule has 0 amide bonds. The van der Waals surface area contributed by atoms with Crippen LogP contribution in [0.2, 0.25) is 0 Å². The molecule has 6 nitrogen and oxygen atoms in total. The van der Waals surface area contributed by atoms with E-state index in [-0.39, 0.29) is 5.69 Å². The van der Waals surface area contributed by atoms with E-state index < -0.39 is 24.0 Å². The van der Waals surface area contributed by atoms with Crippen LogP contribution in [-0.4, -0.2) is 37.8 Å². The maximum absolute atomic E-state index is 10.9. The van der Waals surface area contributed by atoms with Crippen molar-refractivity contribution in [2.75, 3.05) is 0 Å². The average Bonchev–Trinajstić information content (AvgIpc) is 2.38. The zero-order chi connectivity index (χ0) is 14.0. The van der Waals surface area contributed by atoms with Gasteiger partial charge in [-0.15, -0.1) is 0 Å². The van der Waals surface area contributed by atoms with E-state index in [1.54, 1.807) is 18.2 Å². The number of aliphatic carboxylic acids is 2. The number of aliphatic hydroxyl groups is 1. The Labute approximate surface area is 107 Å². The predicted octanol–water partition coefficient (Wildman–Crippen LogP) is 0.678. The molecule has 2 rings (SSSR count). The molecule has 3 N–H and O–H groups in total. The molecule has 1 aromatic heterocycles. The third-order valence-electron chi connectivity index (χ3n) is 2.80. The quantitative estimate of drug-likeness (QED) is 0.698. The summed E-state index contributed by atoms with van der Waals surface area (Å²) in [6.07, 6.45) is -0.595. The molecule has 19 heavy (non-hydrogen) atoms. The lowest BCUT2D eigenvalue weighted by Gasteiger charge is -2.17. The van der Waals surface area contributed by atoms with Crippen molar-refractivity contribution in [1.29, 1.82) is 0 Å². The van der Waals surface area contributed by atoms with E-state index in [1.165, 1.54) is 6.07 Å². The number of carboxylic acid groups (broad SMARTS) is 2. The van der Waals surface area contributed by atoms with E-state index in [0.29, 0.717) is 5.52 Å². The van der Waals surface area contributed by atoms with Gasteiger partial charge in [0.1, 0.15) is 0 Å². The van der Waals surface area contributed by atoms with Crippen molar-refractivity contribution < 1.29 is 24.9 Å². The van der Waals surface area contributed by atoms with Crippen LogP contribution in [0, 0.1) is 0 Å². The van der Waals surface area contributed by atoms with Crippen molar-refractivity contribution in [1.82, 2.24) is 4.98 Å². The molecule has 2 aromatic rings. The smallest absolute Gasteiger partial charge is 0.348 e. The summed E-state index contributed by atoms with van der Waals surface area (Å²) in [4.78, 5) is 25.9. The van der Waals surface area contributed by atoms with E-state index in [1.807, 2.05) is 12.1 Å². The first kappa shape index (κ1) is 13.0. The monoisotopic (exact) mass is 261 g/mol. The molecule has 0 fully saturated rings. The molecule has 0 bridgehead atoms. The van der Waals surface area contributed by atoms with Crippen LogP contribution in [0.4, 0.5) is 0 Å². The number of benzene rings is 1. The highest BCUT2D eigenvalue weighted by Crippen LogP contribution is 2.17. The summed E-state index contributed by atoms with van der Waals surface area (Å²) in [6, 6.07) is 10.3. The van der Waals surface area contributed by atoms with Crippen LogP contribution in [0.3, 0.4) is 0 Å². The molecule has 0 radical (unpaired) electrons. The molecule has 1 aromatic carbocycles. The van der Waals surface area contributed by atoms with Crippen molar-refractivity contribution in [3.05, 3.63) is 42.1 Å². The maximum Gasteiger partial charge on any atom is 0.348 e. The Morgan fingerprint density at radius 1 is 1.05 bits per heavy atom. The molecule has 98 valence electrons. The highest BCUT2D eigenvalue weighted by molar-refractivity contribution is 6.01. The Bertz CT molecular complexity index is 638. The number of nitrogens with zero attached hydrogens (tertiary/aromatic N) is 1. The molecule has 0 aliphatic rings. The van der Waals surface area contributed by atoms with Gasteiger partial charge < -0.3 is 15.3 Å². The number of carboxylic acids is 2. The molecular weight excluding hydrogens is 250 g/mol. The zero-order valence-corrected chi connectivity index (χ0v) is 9.78. The van der Waals surface area contributed by atoms with Gasteiger partial charge in [-0.25, -0.2) is 9.59 Å². The number of aromatic nitrogens is 1. The van der Waals surface area contributed by atoms with Crippen LogP contribution < -0.4 is 0 Å². The van der Waals surface area contributed by atoms with E-state index in [2.05, 4.69) is 4.98 Å². The van der Waals surface area contributed by atoms with Gasteiger partial charge in [0.05, 0.1) is 5.52 Å². The fraction of sp³-hybridized carbons (Fsp3) is 0.154. The van der Waals surface area contributed by atoms with Gasteiger partial charge in [-0.1, -0.05) is 24.3 Å². The van der Waals surface area contributed by atoms with Crippen molar-refractivity contribution in [2.24, 2.45) is 0 Å². The van der Waals surface area contributed by atoms with Crippen LogP contribution in [-0.2, 0) is 16.0 Å². The van der Waals surface area contributed by atoms with Gasteiger partial charge in [0.25, 0.3) is 5.60 Å². The van der Waals surface area contributed by atoms with E-state index in [0.717, 1.165) is 5.39 Å². The Kier molecular flexibility index (Phi) is 3.18. The van der Waals surface area contributed by atoms with Gasteiger partial charge in [0.2, 0.25) is 0 Å². The fourth-order valence-corrected chi connectivity index (χ4v) is 1.71. The second-order valence-corrected chi connectivity index (χ2v) is 4.14. The second kappa shape index (κ2) is 4.66. The number of carbonyl (C=O) groups is 2. The van der Waals surface area contributed by atoms with Gasteiger partial charge in [-0.3, -0.25) is 4.98 Å². The van der Waals surface area contributed by atoms with Crippen LogP contribution in [0.1, 0.15) is 5.69 Å². The molecule has 0 aliphatic carbocycles. The van der Waals surface area contributed by atoms with Crippen molar-refractivity contribution in [2.45, 2.75) is 12.0 Å². The highest BCUT2D eigenvalue weighted by atomic mass is 16.4. The Morgan fingerprint density at radius 2 is 1.68 bits per heavy atom. The number of hydrogen-bond acceptors (Lipinski definition) is 4. The number of para-hydroxylation sites is 1. The van der Waals surface area contributed by atoms with E-state index in [9.17, 15) is 14.7 Å². The summed E-state index contributed by atoms with van der Waals surface area (Å²) in [6.45, 7) is 0. The van der Waals surface area contributed by atoms with E-state index in [4.69, 9.17) is 10.2 Å². The highest BCUT2D eigenvalue weighted by Gasteiger charge is 2.45. The lowest BCUT2D eigenvalue weighted by molar-refractivity contribution is -0.175. The van der Waals surface area contributed by atoms with Gasteiger partial charge >= 0.3 is 11.9 Å². The number of hydrogen-bond donors (Lipinski definition) is 3. The normalized spacial score (nSPS) is 11.4. The van der Waals surface area contributed by atoms with Crippen molar-refractivity contribution in [3.63, 3.8) is 0 Å². The Balaban J connectivity index is 2.40. The zero-order valence-electron chi connectivity index (χ0n) is 9.78. The van der Waals surface area contributed by atoms with Crippen molar-refractivity contribution in [3.8, 4) is 0 Å². The number of rotatable bonds is 4. The first-order valence-corrected chi connectivity index (χ1v) is 5.47. The SMILES string of the molecule is O=C(O)C(O)(Cc1ccc2ccccc2n1)C(=O)O. The second-order valence-electron chi connectivity index (χ2n) is 4.14. The van der Waals surface area contributed by atoms with Crippen molar-refractivity contribution >= 4 is 22.8 Å². The Morgan fingerprint density at radius 3 is 2.32 bits per heavy atom. The molecule has 0 saturated heterocycles. The lowest BCUT2D eigenvalue weighted by atomic mass is 9.97. The Hall–Kier alpha value is -2.47. The molecule has 0 atom stereocenters. The summed E-state index contributed by atoms with van der Waals surface area (Å²) in [5, 5.41) is 28.1. The summed E-state index contributed by atoms with van der Waals surface area (Å²) >= 11 is 0. The fourth-order valence-electron chi connectivity index (χ4n) is 1.71. The average molecular weight is 261 g/mol. The van der Waals surface area contributed by atoms with E-state index >= 15 is 0 Å².